The van der Waals surface area contributed by atoms with Crippen molar-refractivity contribution < 1.29 is 9.59 Å². The van der Waals surface area contributed by atoms with E-state index in [1.807, 2.05) is 47.4 Å². The summed E-state index contributed by atoms with van der Waals surface area (Å²) in [5, 5.41) is 9.43. The number of nitrogens with one attached hydrogen (secondary N) is 2. The molecule has 0 bridgehead atoms. The Morgan fingerprint density at radius 1 is 1.17 bits per heavy atom. The molecule has 1 atom stereocenters. The molecule has 2 N–H and O–H groups in total. The number of rotatable bonds is 4. The lowest BCUT2D eigenvalue weighted by atomic mass is 9.93. The van der Waals surface area contributed by atoms with Crippen molar-refractivity contribution in [3.8, 4) is 11.3 Å². The molecule has 0 aliphatic carbocycles. The van der Waals surface area contributed by atoms with Gasteiger partial charge in [0, 0.05) is 49.1 Å². The zero-order chi connectivity index (χ0) is 20.2. The highest BCUT2D eigenvalue weighted by Gasteiger charge is 2.27. The number of piperidine rings is 1. The van der Waals surface area contributed by atoms with Gasteiger partial charge in [0.05, 0.1) is 5.69 Å². The van der Waals surface area contributed by atoms with Crippen molar-refractivity contribution in [3.05, 3.63) is 66.1 Å². The van der Waals surface area contributed by atoms with E-state index in [0.717, 1.165) is 42.0 Å². The van der Waals surface area contributed by atoms with E-state index in [1.165, 1.54) is 6.92 Å². The number of aromatic nitrogens is 3. The van der Waals surface area contributed by atoms with Crippen molar-refractivity contribution in [2.75, 3.05) is 18.4 Å². The van der Waals surface area contributed by atoms with E-state index < -0.39 is 0 Å². The molecule has 3 aromatic rings. The molecule has 1 aliphatic heterocycles. The quantitative estimate of drug-likeness (QED) is 0.715. The highest BCUT2D eigenvalue weighted by molar-refractivity contribution is 5.92. The second-order valence-electron chi connectivity index (χ2n) is 7.27. The van der Waals surface area contributed by atoms with Gasteiger partial charge < -0.3 is 10.2 Å². The van der Waals surface area contributed by atoms with E-state index in [-0.39, 0.29) is 17.7 Å². The Bertz CT molecular complexity index is 1020. The summed E-state index contributed by atoms with van der Waals surface area (Å²) in [6.45, 7) is 2.87. The van der Waals surface area contributed by atoms with Gasteiger partial charge in [0.15, 0.2) is 0 Å². The van der Waals surface area contributed by atoms with E-state index in [1.54, 1.807) is 12.3 Å². The second kappa shape index (κ2) is 8.26. The number of benzene rings is 1. The number of carbonyl (C=O) groups is 2. The molecule has 7 heteroatoms. The lowest BCUT2D eigenvalue weighted by Gasteiger charge is -2.32. The van der Waals surface area contributed by atoms with Gasteiger partial charge >= 0.3 is 0 Å². The predicted octanol–water partition coefficient (Wildman–Crippen LogP) is 3.45. The number of aromatic amines is 1. The summed E-state index contributed by atoms with van der Waals surface area (Å²) in [4.78, 5) is 30.7. The van der Waals surface area contributed by atoms with Gasteiger partial charge in [-0.3, -0.25) is 19.7 Å². The number of carbonyl (C=O) groups excluding carboxylic acids is 2. The van der Waals surface area contributed by atoms with Crippen molar-refractivity contribution >= 4 is 17.5 Å². The van der Waals surface area contributed by atoms with Gasteiger partial charge in [0.1, 0.15) is 5.69 Å². The standard InChI is InChI=1S/C22H23N5O2/c1-15(28)24-18-7-2-5-16(13-18)19-8-3-9-20(25-19)17-6-4-12-27(14-17)22(29)21-10-11-23-26-21/h2-3,5,7-11,13,17H,4,6,12,14H2,1H3,(H,23,26)(H,24,28). The third-order valence-corrected chi connectivity index (χ3v) is 5.11. The zero-order valence-electron chi connectivity index (χ0n) is 16.3. The summed E-state index contributed by atoms with van der Waals surface area (Å²) < 4.78 is 0. The van der Waals surface area contributed by atoms with Crippen molar-refractivity contribution in [1.82, 2.24) is 20.1 Å². The molecular formula is C22H23N5O2. The number of hydrogen-bond donors (Lipinski definition) is 2. The summed E-state index contributed by atoms with van der Waals surface area (Å²) in [6, 6.07) is 15.3. The van der Waals surface area contributed by atoms with Crippen LogP contribution in [0.3, 0.4) is 0 Å². The first-order chi connectivity index (χ1) is 14.1. The van der Waals surface area contributed by atoms with Crippen LogP contribution in [0.1, 0.15) is 41.9 Å². The first-order valence-corrected chi connectivity index (χ1v) is 9.74. The third-order valence-electron chi connectivity index (χ3n) is 5.11. The lowest BCUT2D eigenvalue weighted by molar-refractivity contribution is -0.114. The molecule has 1 saturated heterocycles. The van der Waals surface area contributed by atoms with Crippen LogP contribution in [0, 0.1) is 0 Å². The van der Waals surface area contributed by atoms with Crippen LogP contribution in [0.4, 0.5) is 5.69 Å². The van der Waals surface area contributed by atoms with Crippen LogP contribution in [-0.4, -0.2) is 45.0 Å². The fraction of sp³-hybridized carbons (Fsp3) is 0.273. The molecule has 2 amide bonds. The topological polar surface area (TPSA) is 91.0 Å². The number of likely N-dealkylation sites (tertiary alicyclic amines) is 1. The number of pyridine rings is 1. The average Bonchev–Trinajstić information content (AvgIpc) is 3.28. The Morgan fingerprint density at radius 2 is 2.03 bits per heavy atom. The Morgan fingerprint density at radius 3 is 2.83 bits per heavy atom. The molecule has 0 radical (unpaired) electrons. The monoisotopic (exact) mass is 389 g/mol. The van der Waals surface area contributed by atoms with E-state index in [0.29, 0.717) is 12.2 Å². The lowest BCUT2D eigenvalue weighted by Crippen LogP contribution is -2.39. The molecule has 1 aromatic carbocycles. The SMILES string of the molecule is CC(=O)Nc1cccc(-c2cccc(C3CCCN(C(=O)c4ccn[nH]4)C3)n2)c1. The summed E-state index contributed by atoms with van der Waals surface area (Å²) >= 11 is 0. The van der Waals surface area contributed by atoms with Crippen LogP contribution < -0.4 is 5.32 Å². The Hall–Kier alpha value is -3.48. The van der Waals surface area contributed by atoms with Gasteiger partial charge in [-0.05, 0) is 43.2 Å². The molecule has 7 nitrogen and oxygen atoms in total. The van der Waals surface area contributed by atoms with Crippen LogP contribution in [-0.2, 0) is 4.79 Å². The van der Waals surface area contributed by atoms with Gasteiger partial charge in [-0.25, -0.2) is 0 Å². The fourth-order valence-corrected chi connectivity index (χ4v) is 3.75. The van der Waals surface area contributed by atoms with Gasteiger partial charge in [-0.15, -0.1) is 0 Å². The molecule has 1 unspecified atom stereocenters. The number of nitrogens with zero attached hydrogens (tertiary/aromatic N) is 3. The highest BCUT2D eigenvalue weighted by atomic mass is 16.2. The Balaban J connectivity index is 1.54. The van der Waals surface area contributed by atoms with E-state index in [2.05, 4.69) is 15.5 Å². The summed E-state index contributed by atoms with van der Waals surface area (Å²) in [5.74, 6) is 0.0635. The largest absolute Gasteiger partial charge is 0.337 e. The maximum Gasteiger partial charge on any atom is 0.271 e. The van der Waals surface area contributed by atoms with Crippen LogP contribution in [0.15, 0.2) is 54.7 Å². The minimum Gasteiger partial charge on any atom is -0.337 e. The minimum absolute atomic E-state index is 0.0219. The molecule has 4 rings (SSSR count). The van der Waals surface area contributed by atoms with Gasteiger partial charge in [0.2, 0.25) is 5.91 Å². The van der Waals surface area contributed by atoms with Gasteiger partial charge in [-0.1, -0.05) is 18.2 Å². The van der Waals surface area contributed by atoms with Crippen LogP contribution >= 0.6 is 0 Å². The normalized spacial score (nSPS) is 16.4. The molecule has 1 aliphatic rings. The fourth-order valence-electron chi connectivity index (χ4n) is 3.75. The molecule has 0 spiro atoms. The summed E-state index contributed by atoms with van der Waals surface area (Å²) in [5.41, 5.74) is 4.04. The maximum atomic E-state index is 12.7. The van der Waals surface area contributed by atoms with Gasteiger partial charge in [0.25, 0.3) is 5.91 Å². The van der Waals surface area contributed by atoms with Gasteiger partial charge in [-0.2, -0.15) is 5.10 Å². The smallest absolute Gasteiger partial charge is 0.271 e. The number of hydrogen-bond acceptors (Lipinski definition) is 4. The first kappa shape index (κ1) is 18.9. The minimum atomic E-state index is -0.104. The molecule has 2 aromatic heterocycles. The average molecular weight is 389 g/mol. The van der Waals surface area contributed by atoms with E-state index in [4.69, 9.17) is 4.98 Å². The van der Waals surface area contributed by atoms with Crippen molar-refractivity contribution in [1.29, 1.82) is 0 Å². The Kier molecular flexibility index (Phi) is 5.37. The van der Waals surface area contributed by atoms with Crippen molar-refractivity contribution in [3.63, 3.8) is 0 Å². The maximum absolute atomic E-state index is 12.7. The van der Waals surface area contributed by atoms with Crippen molar-refractivity contribution in [2.24, 2.45) is 0 Å². The number of H-pyrrole nitrogens is 1. The van der Waals surface area contributed by atoms with Crippen LogP contribution in [0.5, 0.6) is 0 Å². The molecule has 1 fully saturated rings. The molecule has 3 heterocycles. The van der Waals surface area contributed by atoms with Crippen LogP contribution in [0.2, 0.25) is 0 Å². The summed E-state index contributed by atoms with van der Waals surface area (Å²) in [6.07, 6.45) is 3.53. The molecular weight excluding hydrogens is 366 g/mol. The molecule has 29 heavy (non-hydrogen) atoms. The predicted molar refractivity (Wildman–Crippen MR) is 110 cm³/mol. The third kappa shape index (κ3) is 4.34. The summed E-state index contributed by atoms with van der Waals surface area (Å²) in [7, 11) is 0. The van der Waals surface area contributed by atoms with E-state index >= 15 is 0 Å². The van der Waals surface area contributed by atoms with Crippen LogP contribution in [0.25, 0.3) is 11.3 Å². The molecule has 148 valence electrons. The zero-order valence-corrected chi connectivity index (χ0v) is 16.3. The molecule has 0 saturated carbocycles. The van der Waals surface area contributed by atoms with Crippen molar-refractivity contribution in [2.45, 2.75) is 25.7 Å². The number of anilines is 1. The Labute approximate surface area is 169 Å². The number of amides is 2. The highest BCUT2D eigenvalue weighted by Crippen LogP contribution is 2.29. The first-order valence-electron chi connectivity index (χ1n) is 9.74. The van der Waals surface area contributed by atoms with E-state index in [9.17, 15) is 9.59 Å². The second-order valence-corrected chi connectivity index (χ2v) is 7.27.